The molecule has 0 bridgehead atoms. The molecule has 1 aromatic heterocycles. The minimum atomic E-state index is -0.870. The molecule has 1 N–H and O–H groups in total. The van der Waals surface area contributed by atoms with Gasteiger partial charge in [0.25, 0.3) is 0 Å². The summed E-state index contributed by atoms with van der Waals surface area (Å²) in [5.74, 6) is -1.08. The molecule has 3 nitrogen and oxygen atoms in total. The fourth-order valence-electron chi connectivity index (χ4n) is 3.48. The highest BCUT2D eigenvalue weighted by molar-refractivity contribution is 6.31. The van der Waals surface area contributed by atoms with E-state index in [2.05, 4.69) is 10.3 Å². The average Bonchev–Trinajstić information content (AvgIpc) is 2.87. The zero-order valence-corrected chi connectivity index (χ0v) is 15.1. The predicted molar refractivity (Wildman–Crippen MR) is 101 cm³/mol. The van der Waals surface area contributed by atoms with Crippen LogP contribution in [0.1, 0.15) is 18.1 Å². The minimum absolute atomic E-state index is 0.0378. The quantitative estimate of drug-likeness (QED) is 0.680. The van der Waals surface area contributed by atoms with E-state index in [0.29, 0.717) is 17.7 Å². The smallest absolute Gasteiger partial charge is 0.235 e. The van der Waals surface area contributed by atoms with Gasteiger partial charge in [-0.1, -0.05) is 23.7 Å². The molecule has 0 spiro atoms. The molecule has 27 heavy (non-hydrogen) atoms. The number of hydrogen-bond acceptors (Lipinski definition) is 2. The van der Waals surface area contributed by atoms with Crippen molar-refractivity contribution in [3.05, 3.63) is 82.6 Å². The maximum absolute atomic E-state index is 13.5. The Labute approximate surface area is 160 Å². The topological polar surface area (TPSA) is 42.0 Å². The van der Waals surface area contributed by atoms with Crippen molar-refractivity contribution in [3.8, 4) is 11.1 Å². The molecule has 0 saturated heterocycles. The first-order chi connectivity index (χ1) is 12.9. The predicted octanol–water partition coefficient (Wildman–Crippen LogP) is 5.13. The molecule has 0 fully saturated rings. The number of amides is 1. The van der Waals surface area contributed by atoms with Gasteiger partial charge < -0.3 is 5.32 Å². The monoisotopic (exact) mass is 384 g/mol. The number of pyridine rings is 1. The van der Waals surface area contributed by atoms with Gasteiger partial charge in [0, 0.05) is 11.9 Å². The van der Waals surface area contributed by atoms with E-state index >= 15 is 0 Å². The molecule has 136 valence electrons. The summed E-state index contributed by atoms with van der Waals surface area (Å²) in [5.41, 5.74) is 2.84. The highest BCUT2D eigenvalue weighted by Crippen LogP contribution is 2.42. The summed E-state index contributed by atoms with van der Waals surface area (Å²) in [5, 5.41) is 2.92. The van der Waals surface area contributed by atoms with Gasteiger partial charge in [-0.25, -0.2) is 8.78 Å². The Morgan fingerprint density at radius 1 is 1.07 bits per heavy atom. The lowest BCUT2D eigenvalue weighted by Crippen LogP contribution is -2.33. The van der Waals surface area contributed by atoms with Gasteiger partial charge in [0.2, 0.25) is 5.91 Å². The van der Waals surface area contributed by atoms with E-state index in [0.717, 1.165) is 22.9 Å². The molecule has 4 rings (SSSR count). The van der Waals surface area contributed by atoms with E-state index in [1.54, 1.807) is 18.3 Å². The van der Waals surface area contributed by atoms with Crippen molar-refractivity contribution in [2.45, 2.75) is 18.8 Å². The molecule has 1 aliphatic heterocycles. The largest absolute Gasteiger partial charge is 0.325 e. The number of fused-ring (bicyclic) bond motifs is 1. The number of nitrogens with one attached hydrogen (secondary N) is 1. The first kappa shape index (κ1) is 17.6. The maximum Gasteiger partial charge on any atom is 0.235 e. The van der Waals surface area contributed by atoms with E-state index < -0.39 is 17.0 Å². The van der Waals surface area contributed by atoms with Crippen molar-refractivity contribution in [2.75, 3.05) is 5.32 Å². The number of halogens is 3. The molecule has 6 heteroatoms. The minimum Gasteiger partial charge on any atom is -0.325 e. The molecule has 2 aromatic carbocycles. The summed E-state index contributed by atoms with van der Waals surface area (Å²) in [7, 11) is 0. The Hall–Kier alpha value is -2.79. The number of anilines is 1. The van der Waals surface area contributed by atoms with Gasteiger partial charge in [-0.3, -0.25) is 9.78 Å². The molecule has 0 radical (unpaired) electrons. The van der Waals surface area contributed by atoms with Crippen molar-refractivity contribution in [3.63, 3.8) is 0 Å². The SMILES string of the molecule is CC1(Cc2cncc(F)c2)C(=O)Nc2ccc(-c3ccc(F)c(Cl)c3)cc21. The van der Waals surface area contributed by atoms with Gasteiger partial charge in [-0.15, -0.1) is 0 Å². The summed E-state index contributed by atoms with van der Waals surface area (Å²) in [6.45, 7) is 1.82. The van der Waals surface area contributed by atoms with Crippen molar-refractivity contribution < 1.29 is 13.6 Å². The molecular formula is C21H15ClF2N2O. The zero-order chi connectivity index (χ0) is 19.2. The van der Waals surface area contributed by atoms with Gasteiger partial charge in [0.1, 0.15) is 11.6 Å². The van der Waals surface area contributed by atoms with Crippen molar-refractivity contribution in [2.24, 2.45) is 0 Å². The van der Waals surface area contributed by atoms with Gasteiger partial charge in [0.05, 0.1) is 16.6 Å². The molecular weight excluding hydrogens is 370 g/mol. The molecule has 0 aliphatic carbocycles. The third-order valence-electron chi connectivity index (χ3n) is 4.94. The highest BCUT2D eigenvalue weighted by Gasteiger charge is 2.42. The standard InChI is InChI=1S/C21H15ClF2N2O/c1-21(9-12-6-15(23)11-25-10-12)16-7-13(3-5-19(16)26-20(21)27)14-2-4-18(24)17(22)8-14/h2-8,10-11H,9H2,1H3,(H,26,27). The fourth-order valence-corrected chi connectivity index (χ4v) is 3.66. The third kappa shape index (κ3) is 3.08. The maximum atomic E-state index is 13.5. The molecule has 1 amide bonds. The van der Waals surface area contributed by atoms with Gasteiger partial charge in [-0.05, 0) is 65.9 Å². The lowest BCUT2D eigenvalue weighted by Gasteiger charge is -2.22. The van der Waals surface area contributed by atoms with E-state index in [9.17, 15) is 13.6 Å². The van der Waals surface area contributed by atoms with Crippen LogP contribution in [-0.2, 0) is 16.6 Å². The second-order valence-electron chi connectivity index (χ2n) is 6.86. The molecule has 2 heterocycles. The van der Waals surface area contributed by atoms with E-state index in [1.165, 1.54) is 12.1 Å². The van der Waals surface area contributed by atoms with Crippen molar-refractivity contribution >= 4 is 23.2 Å². The van der Waals surface area contributed by atoms with E-state index in [1.807, 2.05) is 25.1 Å². The molecule has 1 aliphatic rings. The van der Waals surface area contributed by atoms with Crippen LogP contribution >= 0.6 is 11.6 Å². The fraction of sp³-hybridized carbons (Fsp3) is 0.143. The summed E-state index contributed by atoms with van der Waals surface area (Å²) in [4.78, 5) is 16.6. The van der Waals surface area contributed by atoms with E-state index in [4.69, 9.17) is 11.6 Å². The number of hydrogen-bond donors (Lipinski definition) is 1. The van der Waals surface area contributed by atoms with Gasteiger partial charge in [0.15, 0.2) is 0 Å². The van der Waals surface area contributed by atoms with Gasteiger partial charge >= 0.3 is 0 Å². The Morgan fingerprint density at radius 3 is 2.56 bits per heavy atom. The highest BCUT2D eigenvalue weighted by atomic mass is 35.5. The van der Waals surface area contributed by atoms with Crippen molar-refractivity contribution in [1.82, 2.24) is 4.98 Å². The van der Waals surface area contributed by atoms with Crippen molar-refractivity contribution in [1.29, 1.82) is 0 Å². The molecule has 0 saturated carbocycles. The van der Waals surface area contributed by atoms with Crippen LogP contribution in [0, 0.1) is 11.6 Å². The third-order valence-corrected chi connectivity index (χ3v) is 5.23. The second-order valence-corrected chi connectivity index (χ2v) is 7.27. The first-order valence-corrected chi connectivity index (χ1v) is 8.75. The van der Waals surface area contributed by atoms with Gasteiger partial charge in [-0.2, -0.15) is 0 Å². The van der Waals surface area contributed by atoms with Crippen LogP contribution in [-0.4, -0.2) is 10.9 Å². The second kappa shape index (κ2) is 6.43. The summed E-state index contributed by atoms with van der Waals surface area (Å²) >= 11 is 5.90. The lowest BCUT2D eigenvalue weighted by atomic mass is 9.78. The van der Waals surface area contributed by atoms with Crippen LogP contribution < -0.4 is 5.32 Å². The Balaban J connectivity index is 1.77. The lowest BCUT2D eigenvalue weighted by molar-refractivity contribution is -0.120. The number of carbonyl (C=O) groups is 1. The summed E-state index contributed by atoms with van der Waals surface area (Å²) in [6, 6.07) is 11.4. The van der Waals surface area contributed by atoms with E-state index in [-0.39, 0.29) is 10.9 Å². The Morgan fingerprint density at radius 2 is 1.81 bits per heavy atom. The van der Waals surface area contributed by atoms with Crippen LogP contribution in [0.5, 0.6) is 0 Å². The first-order valence-electron chi connectivity index (χ1n) is 8.38. The zero-order valence-electron chi connectivity index (χ0n) is 14.4. The molecule has 1 unspecified atom stereocenters. The number of benzene rings is 2. The summed E-state index contributed by atoms with van der Waals surface area (Å²) < 4.78 is 27.0. The number of aromatic nitrogens is 1. The van der Waals surface area contributed by atoms with Crippen LogP contribution in [0.3, 0.4) is 0 Å². The van der Waals surface area contributed by atoms with Crippen LogP contribution in [0.2, 0.25) is 5.02 Å². The molecule has 3 aromatic rings. The Kier molecular flexibility index (Phi) is 4.19. The normalized spacial score (nSPS) is 18.3. The number of nitrogens with zero attached hydrogens (tertiary/aromatic N) is 1. The average molecular weight is 385 g/mol. The van der Waals surface area contributed by atoms with Crippen LogP contribution in [0.4, 0.5) is 14.5 Å². The Bertz CT molecular complexity index is 1070. The number of rotatable bonds is 3. The van der Waals surface area contributed by atoms with Crippen LogP contribution in [0.25, 0.3) is 11.1 Å². The number of carbonyl (C=O) groups excluding carboxylic acids is 1. The molecule has 1 atom stereocenters. The van der Waals surface area contributed by atoms with Crippen LogP contribution in [0.15, 0.2) is 54.9 Å². The summed E-state index contributed by atoms with van der Waals surface area (Å²) in [6.07, 6.45) is 3.00.